The first-order valence-corrected chi connectivity index (χ1v) is 6.75. The summed E-state index contributed by atoms with van der Waals surface area (Å²) in [5, 5.41) is 2.72. The molecule has 0 aliphatic heterocycles. The molecule has 1 aliphatic rings. The van der Waals surface area contributed by atoms with Crippen LogP contribution in [0.25, 0.3) is 0 Å². The molecule has 1 fully saturated rings. The van der Waals surface area contributed by atoms with E-state index < -0.39 is 5.41 Å². The third-order valence-electron chi connectivity index (χ3n) is 3.88. The molecule has 0 bridgehead atoms. The summed E-state index contributed by atoms with van der Waals surface area (Å²) in [6.07, 6.45) is 1.63. The molecule has 3 rings (SSSR count). The molecule has 0 aromatic heterocycles. The van der Waals surface area contributed by atoms with Gasteiger partial charge in [-0.2, -0.15) is 0 Å². The number of hydrogen-bond acceptors (Lipinski definition) is 1. The molecule has 2 aromatic carbocycles. The van der Waals surface area contributed by atoms with Crippen LogP contribution in [0, 0.1) is 12.7 Å². The molecule has 0 heterocycles. The number of carbonyl (C=O) groups excluding carboxylic acids is 1. The van der Waals surface area contributed by atoms with Gasteiger partial charge < -0.3 is 5.32 Å². The molecular weight excluding hydrogens is 253 g/mol. The number of benzene rings is 2. The van der Waals surface area contributed by atoms with E-state index in [0.717, 1.165) is 24.0 Å². The highest BCUT2D eigenvalue weighted by Gasteiger charge is 2.51. The van der Waals surface area contributed by atoms with Crippen molar-refractivity contribution in [3.63, 3.8) is 0 Å². The van der Waals surface area contributed by atoms with Crippen LogP contribution in [0.3, 0.4) is 0 Å². The Bertz CT molecular complexity index is 647. The Morgan fingerprint density at radius 2 is 1.85 bits per heavy atom. The van der Waals surface area contributed by atoms with Crippen molar-refractivity contribution in [2.45, 2.75) is 25.2 Å². The molecule has 1 saturated carbocycles. The van der Waals surface area contributed by atoms with Gasteiger partial charge in [0.1, 0.15) is 5.82 Å². The Morgan fingerprint density at radius 1 is 1.15 bits per heavy atom. The van der Waals surface area contributed by atoms with Crippen molar-refractivity contribution in [2.24, 2.45) is 0 Å². The Hall–Kier alpha value is -2.16. The first kappa shape index (κ1) is 12.9. The van der Waals surface area contributed by atoms with Crippen LogP contribution in [0.15, 0.2) is 48.5 Å². The predicted octanol–water partition coefficient (Wildman–Crippen LogP) is 3.80. The van der Waals surface area contributed by atoms with Crippen LogP contribution >= 0.6 is 0 Å². The highest BCUT2D eigenvalue weighted by atomic mass is 19.1. The fourth-order valence-electron chi connectivity index (χ4n) is 2.49. The van der Waals surface area contributed by atoms with Crippen molar-refractivity contribution in [3.05, 3.63) is 65.5 Å². The van der Waals surface area contributed by atoms with Crippen LogP contribution in [-0.2, 0) is 10.2 Å². The quantitative estimate of drug-likeness (QED) is 0.902. The number of hydrogen-bond donors (Lipinski definition) is 1. The van der Waals surface area contributed by atoms with Gasteiger partial charge in [-0.1, -0.05) is 36.4 Å². The molecule has 1 aliphatic carbocycles. The normalized spacial score (nSPS) is 15.7. The molecule has 0 unspecified atom stereocenters. The zero-order chi connectivity index (χ0) is 14.2. The SMILES string of the molecule is Cc1ccc(NC(=O)C2(c3ccccc3)CC2)c(F)c1. The van der Waals surface area contributed by atoms with Gasteiger partial charge >= 0.3 is 0 Å². The molecule has 0 saturated heterocycles. The minimum absolute atomic E-state index is 0.119. The lowest BCUT2D eigenvalue weighted by atomic mass is 9.95. The van der Waals surface area contributed by atoms with E-state index >= 15 is 0 Å². The van der Waals surface area contributed by atoms with Gasteiger partial charge in [-0.05, 0) is 43.0 Å². The highest BCUT2D eigenvalue weighted by molar-refractivity contribution is 6.01. The topological polar surface area (TPSA) is 29.1 Å². The molecule has 0 atom stereocenters. The van der Waals surface area contributed by atoms with Crippen LogP contribution < -0.4 is 5.32 Å². The molecule has 0 spiro atoms. The number of amides is 1. The first-order chi connectivity index (χ1) is 9.62. The molecular formula is C17H16FNO. The standard InChI is InChI=1S/C17H16FNO/c1-12-7-8-15(14(18)11-12)19-16(20)17(9-10-17)13-5-3-2-4-6-13/h2-8,11H,9-10H2,1H3,(H,19,20). The van der Waals surface area contributed by atoms with Crippen LogP contribution in [0.5, 0.6) is 0 Å². The van der Waals surface area contributed by atoms with Crippen LogP contribution in [0.2, 0.25) is 0 Å². The van der Waals surface area contributed by atoms with Crippen LogP contribution in [0.4, 0.5) is 10.1 Å². The number of nitrogens with one attached hydrogen (secondary N) is 1. The fourth-order valence-corrected chi connectivity index (χ4v) is 2.49. The molecule has 20 heavy (non-hydrogen) atoms. The zero-order valence-corrected chi connectivity index (χ0v) is 11.3. The van der Waals surface area contributed by atoms with Gasteiger partial charge in [-0.15, -0.1) is 0 Å². The van der Waals surface area contributed by atoms with Gasteiger partial charge in [0.2, 0.25) is 5.91 Å². The number of halogens is 1. The predicted molar refractivity (Wildman–Crippen MR) is 77.1 cm³/mol. The van der Waals surface area contributed by atoms with E-state index in [-0.39, 0.29) is 17.4 Å². The minimum Gasteiger partial charge on any atom is -0.323 e. The maximum Gasteiger partial charge on any atom is 0.235 e. The van der Waals surface area contributed by atoms with Crippen LogP contribution in [-0.4, -0.2) is 5.91 Å². The summed E-state index contributed by atoms with van der Waals surface area (Å²) >= 11 is 0. The van der Waals surface area contributed by atoms with Crippen LogP contribution in [0.1, 0.15) is 24.0 Å². The van der Waals surface area contributed by atoms with Crippen molar-refractivity contribution >= 4 is 11.6 Å². The Balaban J connectivity index is 1.83. The van der Waals surface area contributed by atoms with E-state index in [1.807, 2.05) is 37.3 Å². The molecule has 1 amide bonds. The van der Waals surface area contributed by atoms with Crippen molar-refractivity contribution in [1.29, 1.82) is 0 Å². The van der Waals surface area contributed by atoms with Gasteiger partial charge in [0.25, 0.3) is 0 Å². The summed E-state index contributed by atoms with van der Waals surface area (Å²) in [4.78, 5) is 12.5. The summed E-state index contributed by atoms with van der Waals surface area (Å²) < 4.78 is 13.8. The molecule has 2 aromatic rings. The Labute approximate surface area is 117 Å². The second-order valence-corrected chi connectivity index (χ2v) is 5.39. The lowest BCUT2D eigenvalue weighted by Gasteiger charge is -2.16. The summed E-state index contributed by atoms with van der Waals surface area (Å²) in [5.41, 5.74) is 1.62. The smallest absolute Gasteiger partial charge is 0.235 e. The van der Waals surface area contributed by atoms with Gasteiger partial charge in [-0.3, -0.25) is 4.79 Å². The third-order valence-corrected chi connectivity index (χ3v) is 3.88. The largest absolute Gasteiger partial charge is 0.323 e. The summed E-state index contributed by atoms with van der Waals surface area (Å²) in [6, 6.07) is 14.5. The fraction of sp³-hybridized carbons (Fsp3) is 0.235. The average Bonchev–Trinajstić information content (AvgIpc) is 3.24. The summed E-state index contributed by atoms with van der Waals surface area (Å²) in [6.45, 7) is 1.82. The van der Waals surface area contributed by atoms with E-state index in [9.17, 15) is 9.18 Å². The first-order valence-electron chi connectivity index (χ1n) is 6.75. The van der Waals surface area contributed by atoms with Crippen molar-refractivity contribution in [1.82, 2.24) is 0 Å². The monoisotopic (exact) mass is 269 g/mol. The molecule has 3 heteroatoms. The minimum atomic E-state index is -0.474. The molecule has 1 N–H and O–H groups in total. The zero-order valence-electron chi connectivity index (χ0n) is 11.3. The molecule has 2 nitrogen and oxygen atoms in total. The lowest BCUT2D eigenvalue weighted by Crippen LogP contribution is -2.28. The number of carbonyl (C=O) groups is 1. The maximum absolute atomic E-state index is 13.8. The molecule has 102 valence electrons. The van der Waals surface area contributed by atoms with Gasteiger partial charge in [0, 0.05) is 0 Å². The summed E-state index contributed by atoms with van der Waals surface area (Å²) in [7, 11) is 0. The van der Waals surface area contributed by atoms with Gasteiger partial charge in [-0.25, -0.2) is 4.39 Å². The molecule has 0 radical (unpaired) electrons. The maximum atomic E-state index is 13.8. The van der Waals surface area contributed by atoms with Gasteiger partial charge in [0.15, 0.2) is 0 Å². The van der Waals surface area contributed by atoms with Crippen molar-refractivity contribution in [3.8, 4) is 0 Å². The number of rotatable bonds is 3. The van der Waals surface area contributed by atoms with E-state index in [0.29, 0.717) is 0 Å². The number of anilines is 1. The third kappa shape index (κ3) is 2.20. The Morgan fingerprint density at radius 3 is 2.45 bits per heavy atom. The van der Waals surface area contributed by atoms with Crippen molar-refractivity contribution in [2.75, 3.05) is 5.32 Å². The van der Waals surface area contributed by atoms with E-state index in [4.69, 9.17) is 0 Å². The second-order valence-electron chi connectivity index (χ2n) is 5.39. The number of aryl methyl sites for hydroxylation is 1. The average molecular weight is 269 g/mol. The lowest BCUT2D eigenvalue weighted by molar-refractivity contribution is -0.118. The van der Waals surface area contributed by atoms with E-state index in [1.54, 1.807) is 12.1 Å². The highest BCUT2D eigenvalue weighted by Crippen LogP contribution is 2.48. The summed E-state index contributed by atoms with van der Waals surface area (Å²) in [5.74, 6) is -0.506. The van der Waals surface area contributed by atoms with E-state index in [2.05, 4.69) is 5.32 Å². The van der Waals surface area contributed by atoms with Crippen molar-refractivity contribution < 1.29 is 9.18 Å². The van der Waals surface area contributed by atoms with E-state index in [1.165, 1.54) is 6.07 Å². The second kappa shape index (κ2) is 4.75. The Kier molecular flexibility index (Phi) is 3.05. The van der Waals surface area contributed by atoms with Gasteiger partial charge in [0.05, 0.1) is 11.1 Å².